The second-order valence-electron chi connectivity index (χ2n) is 24.7. The summed E-state index contributed by atoms with van der Waals surface area (Å²) in [5.74, 6) is 2.40. The standard InChI is InChI=1S/C70H70N4O/c1-67(2,3)49-33-36-61-58(40-49)57-35-34-54(42-64(57)74(61)65-43-60(70(10,11)12)59(44-71-65)47-25-17-14-18-26-47)75-53-28-21-27-52(41-53)72-45-73(63-32-20-19-31-62(63)72)66-55(46-23-15-13-16-24-46)29-22-30-56(66)48-37-50(68(4,5)6)39-51(38-48)69(7,8)9/h13-44H,45H2,1-12H3. The molecule has 0 saturated carbocycles. The summed E-state index contributed by atoms with van der Waals surface area (Å²) in [5.41, 5.74) is 18.8. The Morgan fingerprint density at radius 2 is 0.973 bits per heavy atom. The van der Waals surface area contributed by atoms with Gasteiger partial charge < -0.3 is 14.5 Å². The Bertz CT molecular complexity index is 3730. The minimum atomic E-state index is -0.130. The van der Waals surface area contributed by atoms with Crippen LogP contribution in [0.1, 0.15) is 105 Å². The van der Waals surface area contributed by atoms with E-state index in [2.05, 4.69) is 292 Å². The summed E-state index contributed by atoms with van der Waals surface area (Å²) >= 11 is 0. The van der Waals surface area contributed by atoms with E-state index < -0.39 is 0 Å². The number of hydrogen-bond acceptors (Lipinski definition) is 4. The molecule has 2 aromatic heterocycles. The van der Waals surface area contributed by atoms with Gasteiger partial charge in [-0.3, -0.25) is 4.57 Å². The Balaban J connectivity index is 1.00. The molecule has 75 heavy (non-hydrogen) atoms. The number of ether oxygens (including phenoxy) is 1. The number of pyridine rings is 1. The van der Waals surface area contributed by atoms with E-state index >= 15 is 0 Å². The van der Waals surface area contributed by atoms with Crippen molar-refractivity contribution < 1.29 is 4.74 Å². The SMILES string of the molecule is CC(C)(C)c1cc(-c2cccc(-c3ccccc3)c2N2CN(c3cccc(Oc4ccc5c6cc(C(C)(C)C)ccc6n(-c6cc(C(C)(C)C)c(-c7ccccc7)cn6)c5c4)c3)c3ccccc32)cc(C(C)(C)C)c1. The minimum absolute atomic E-state index is 0.0136. The number of benzene rings is 8. The highest BCUT2D eigenvalue weighted by Gasteiger charge is 2.33. The van der Waals surface area contributed by atoms with E-state index in [0.29, 0.717) is 6.67 Å². The third-order valence-electron chi connectivity index (χ3n) is 15.1. The molecule has 5 nitrogen and oxygen atoms in total. The van der Waals surface area contributed by atoms with Gasteiger partial charge in [0.25, 0.3) is 0 Å². The summed E-state index contributed by atoms with van der Waals surface area (Å²) in [5, 5.41) is 2.36. The fourth-order valence-electron chi connectivity index (χ4n) is 10.9. The molecule has 11 rings (SSSR count). The molecule has 0 spiro atoms. The van der Waals surface area contributed by atoms with Crippen molar-refractivity contribution in [2.45, 2.75) is 105 Å². The van der Waals surface area contributed by atoms with Crippen LogP contribution < -0.4 is 14.5 Å². The number of hydrogen-bond donors (Lipinski definition) is 0. The van der Waals surface area contributed by atoms with Gasteiger partial charge in [0.05, 0.1) is 28.1 Å². The van der Waals surface area contributed by atoms with Crippen LogP contribution >= 0.6 is 0 Å². The molecular formula is C70H70N4O. The third-order valence-corrected chi connectivity index (χ3v) is 15.1. The minimum Gasteiger partial charge on any atom is -0.457 e. The predicted octanol–water partition coefficient (Wildman–Crippen LogP) is 19.4. The van der Waals surface area contributed by atoms with Gasteiger partial charge in [-0.05, 0) is 115 Å². The lowest BCUT2D eigenvalue weighted by atomic mass is 9.78. The van der Waals surface area contributed by atoms with Crippen LogP contribution in [0.3, 0.4) is 0 Å². The maximum Gasteiger partial charge on any atom is 0.137 e. The monoisotopic (exact) mass is 983 g/mol. The second kappa shape index (κ2) is 18.5. The van der Waals surface area contributed by atoms with Gasteiger partial charge in [-0.25, -0.2) is 4.98 Å². The molecule has 0 amide bonds. The van der Waals surface area contributed by atoms with Crippen LogP contribution in [0.25, 0.3) is 61.0 Å². The first-order valence-electron chi connectivity index (χ1n) is 26.6. The summed E-state index contributed by atoms with van der Waals surface area (Å²) in [7, 11) is 0. The first kappa shape index (κ1) is 49.3. The molecule has 0 radical (unpaired) electrons. The van der Waals surface area contributed by atoms with Gasteiger partial charge >= 0.3 is 0 Å². The topological polar surface area (TPSA) is 33.5 Å². The third kappa shape index (κ3) is 9.39. The van der Waals surface area contributed by atoms with Gasteiger partial charge in [-0.15, -0.1) is 0 Å². The number of rotatable bonds is 8. The van der Waals surface area contributed by atoms with E-state index in [1.807, 2.05) is 0 Å². The quantitative estimate of drug-likeness (QED) is 0.152. The highest BCUT2D eigenvalue weighted by atomic mass is 16.5. The van der Waals surface area contributed by atoms with Gasteiger partial charge in [0.15, 0.2) is 0 Å². The average Bonchev–Trinajstić information content (AvgIpc) is 3.94. The Morgan fingerprint density at radius 1 is 0.400 bits per heavy atom. The molecule has 0 N–H and O–H groups in total. The lowest BCUT2D eigenvalue weighted by Crippen LogP contribution is -2.25. The molecule has 1 aliphatic rings. The number of nitrogens with zero attached hydrogens (tertiary/aromatic N) is 4. The maximum atomic E-state index is 6.96. The molecule has 0 aliphatic carbocycles. The van der Waals surface area contributed by atoms with Crippen molar-refractivity contribution in [3.63, 3.8) is 0 Å². The molecule has 0 saturated heterocycles. The van der Waals surface area contributed by atoms with Crippen molar-refractivity contribution >= 4 is 44.6 Å². The molecule has 8 aromatic carbocycles. The van der Waals surface area contributed by atoms with Crippen LogP contribution in [0.5, 0.6) is 11.5 Å². The first-order chi connectivity index (χ1) is 35.7. The smallest absolute Gasteiger partial charge is 0.137 e. The summed E-state index contributed by atoms with van der Waals surface area (Å²) in [6.07, 6.45) is 2.06. The normalized spacial score (nSPS) is 13.2. The highest BCUT2D eigenvalue weighted by Crippen LogP contribution is 2.51. The molecule has 0 atom stereocenters. The zero-order valence-corrected chi connectivity index (χ0v) is 45.9. The summed E-state index contributed by atoms with van der Waals surface area (Å²) < 4.78 is 9.29. The summed E-state index contributed by atoms with van der Waals surface area (Å²) in [6.45, 7) is 28.2. The van der Waals surface area contributed by atoms with Crippen molar-refractivity contribution in [3.8, 4) is 50.7 Å². The molecule has 1 aliphatic heterocycles. The zero-order valence-electron chi connectivity index (χ0n) is 45.9. The van der Waals surface area contributed by atoms with E-state index in [-0.39, 0.29) is 21.7 Å². The Morgan fingerprint density at radius 3 is 1.60 bits per heavy atom. The fourth-order valence-corrected chi connectivity index (χ4v) is 10.9. The predicted molar refractivity (Wildman–Crippen MR) is 318 cm³/mol. The molecule has 0 fully saturated rings. The van der Waals surface area contributed by atoms with Gasteiger partial charge in [0, 0.05) is 51.5 Å². The molecule has 376 valence electrons. The maximum absolute atomic E-state index is 6.96. The van der Waals surface area contributed by atoms with Crippen molar-refractivity contribution in [2.75, 3.05) is 16.5 Å². The molecule has 10 aromatic rings. The van der Waals surface area contributed by atoms with Crippen LogP contribution in [0, 0.1) is 0 Å². The molecular weight excluding hydrogens is 913 g/mol. The van der Waals surface area contributed by atoms with Gasteiger partial charge in [0.2, 0.25) is 0 Å². The van der Waals surface area contributed by atoms with Gasteiger partial charge in [-0.2, -0.15) is 0 Å². The molecule has 3 heterocycles. The summed E-state index contributed by atoms with van der Waals surface area (Å²) in [6, 6.07) is 68.7. The average molecular weight is 983 g/mol. The first-order valence-corrected chi connectivity index (χ1v) is 26.6. The molecule has 0 bridgehead atoms. The zero-order chi connectivity index (χ0) is 52.6. The van der Waals surface area contributed by atoms with Crippen molar-refractivity contribution in [1.82, 2.24) is 9.55 Å². The Hall–Kier alpha value is -7.89. The lowest BCUT2D eigenvalue weighted by molar-refractivity contribution is 0.483. The van der Waals surface area contributed by atoms with Crippen LogP contribution in [-0.2, 0) is 21.7 Å². The van der Waals surface area contributed by atoms with Crippen LogP contribution in [0.4, 0.5) is 22.7 Å². The molecule has 5 heteroatoms. The van der Waals surface area contributed by atoms with E-state index in [4.69, 9.17) is 9.72 Å². The van der Waals surface area contributed by atoms with Crippen LogP contribution in [-0.4, -0.2) is 16.2 Å². The van der Waals surface area contributed by atoms with E-state index in [1.54, 1.807) is 0 Å². The number of para-hydroxylation sites is 3. The number of fused-ring (bicyclic) bond motifs is 4. The van der Waals surface area contributed by atoms with Gasteiger partial charge in [-0.1, -0.05) is 204 Å². The lowest BCUT2D eigenvalue weighted by Gasteiger charge is -2.29. The van der Waals surface area contributed by atoms with Crippen molar-refractivity contribution in [3.05, 3.63) is 217 Å². The Labute approximate surface area is 445 Å². The van der Waals surface area contributed by atoms with Crippen LogP contribution in [0.2, 0.25) is 0 Å². The van der Waals surface area contributed by atoms with E-state index in [1.165, 1.54) is 61.1 Å². The largest absolute Gasteiger partial charge is 0.457 e. The Kier molecular flexibility index (Phi) is 12.2. The molecule has 0 unspecified atom stereocenters. The van der Waals surface area contributed by atoms with E-state index in [9.17, 15) is 0 Å². The fraction of sp³-hybridized carbons (Fsp3) is 0.243. The number of aromatic nitrogens is 2. The van der Waals surface area contributed by atoms with Gasteiger partial charge in [0.1, 0.15) is 24.0 Å². The second-order valence-corrected chi connectivity index (χ2v) is 24.7. The van der Waals surface area contributed by atoms with Crippen LogP contribution in [0.15, 0.2) is 194 Å². The van der Waals surface area contributed by atoms with Crippen molar-refractivity contribution in [2.24, 2.45) is 0 Å². The number of anilines is 4. The highest BCUT2D eigenvalue weighted by molar-refractivity contribution is 6.10. The van der Waals surface area contributed by atoms with Crippen molar-refractivity contribution in [1.29, 1.82) is 0 Å². The van der Waals surface area contributed by atoms with E-state index in [0.717, 1.165) is 56.4 Å². The summed E-state index contributed by atoms with van der Waals surface area (Å²) in [4.78, 5) is 10.2.